The van der Waals surface area contributed by atoms with E-state index in [2.05, 4.69) is 0 Å². The molecule has 0 unspecified atom stereocenters. The minimum Gasteiger partial charge on any atom is -0.356 e. The zero-order valence-electron chi connectivity index (χ0n) is 15.2. The van der Waals surface area contributed by atoms with Gasteiger partial charge in [-0.3, -0.25) is 9.59 Å². The molecule has 10 heteroatoms. The van der Waals surface area contributed by atoms with Gasteiger partial charge in [0.1, 0.15) is 12.4 Å². The number of halogens is 1. The molecule has 2 amide bonds. The summed E-state index contributed by atoms with van der Waals surface area (Å²) in [6.07, 6.45) is 0.211. The maximum Gasteiger partial charge on any atom is 0.254 e. The van der Waals surface area contributed by atoms with Crippen molar-refractivity contribution in [2.45, 2.75) is 12.1 Å². The largest absolute Gasteiger partial charge is 0.356 e. The van der Waals surface area contributed by atoms with Gasteiger partial charge >= 0.3 is 0 Å². The first-order chi connectivity index (χ1) is 12.7. The molecule has 8 nitrogen and oxygen atoms in total. The highest BCUT2D eigenvalue weighted by molar-refractivity contribution is 7.88. The number of rotatable bonds is 3. The standard InChI is InChI=1S/C17H22FN3O5S/c1-19-14(22)11-26-16(15(19)12-3-5-13(18)6-4-12)17(23)20-7-9-21(10-8-20)27(2,24)25/h3-6,15-16H,7-11H2,1-2H3/t15-,16+/m0/s1. The first kappa shape index (κ1) is 19.7. The van der Waals surface area contributed by atoms with Crippen molar-refractivity contribution in [3.63, 3.8) is 0 Å². The van der Waals surface area contributed by atoms with E-state index in [1.54, 1.807) is 11.9 Å². The lowest BCUT2D eigenvalue weighted by Gasteiger charge is -2.41. The predicted molar refractivity (Wildman–Crippen MR) is 94.6 cm³/mol. The highest BCUT2D eigenvalue weighted by Gasteiger charge is 2.42. The highest BCUT2D eigenvalue weighted by Crippen LogP contribution is 2.30. The van der Waals surface area contributed by atoms with Crippen LogP contribution in [-0.4, -0.2) is 86.5 Å². The summed E-state index contributed by atoms with van der Waals surface area (Å²) in [5, 5.41) is 0. The fourth-order valence-electron chi connectivity index (χ4n) is 3.40. The molecule has 0 bridgehead atoms. The van der Waals surface area contributed by atoms with E-state index in [1.165, 1.54) is 33.5 Å². The minimum absolute atomic E-state index is 0.214. The lowest BCUT2D eigenvalue weighted by molar-refractivity contribution is -0.168. The monoisotopic (exact) mass is 399 g/mol. The number of morpholine rings is 1. The summed E-state index contributed by atoms with van der Waals surface area (Å²) in [5.74, 6) is -0.990. The second-order valence-corrected chi connectivity index (χ2v) is 8.70. The summed E-state index contributed by atoms with van der Waals surface area (Å²) in [7, 11) is -1.71. The number of hydrogen-bond acceptors (Lipinski definition) is 5. The molecule has 2 aliphatic rings. The lowest BCUT2D eigenvalue weighted by atomic mass is 9.97. The quantitative estimate of drug-likeness (QED) is 0.704. The zero-order chi connectivity index (χ0) is 19.8. The first-order valence-corrected chi connectivity index (χ1v) is 10.4. The smallest absolute Gasteiger partial charge is 0.254 e. The molecule has 27 heavy (non-hydrogen) atoms. The molecule has 0 saturated carbocycles. The summed E-state index contributed by atoms with van der Waals surface area (Å²) in [4.78, 5) is 28.1. The van der Waals surface area contributed by atoms with E-state index in [-0.39, 0.29) is 44.6 Å². The molecule has 148 valence electrons. The minimum atomic E-state index is -3.30. The fourth-order valence-corrected chi connectivity index (χ4v) is 4.22. The van der Waals surface area contributed by atoms with Crippen molar-refractivity contribution in [2.24, 2.45) is 0 Å². The van der Waals surface area contributed by atoms with Crippen LogP contribution in [-0.2, 0) is 24.3 Å². The van der Waals surface area contributed by atoms with Crippen LogP contribution in [0.3, 0.4) is 0 Å². The molecule has 0 aromatic heterocycles. The van der Waals surface area contributed by atoms with Crippen LogP contribution >= 0.6 is 0 Å². The molecule has 0 N–H and O–H groups in total. The number of ether oxygens (including phenoxy) is 1. The van der Waals surface area contributed by atoms with Gasteiger partial charge in [-0.15, -0.1) is 0 Å². The molecule has 3 rings (SSSR count). The average Bonchev–Trinajstić information content (AvgIpc) is 2.63. The first-order valence-electron chi connectivity index (χ1n) is 8.55. The molecular formula is C17H22FN3O5S. The number of likely N-dealkylation sites (N-methyl/N-ethyl adjacent to an activating group) is 1. The maximum absolute atomic E-state index is 13.3. The van der Waals surface area contributed by atoms with E-state index >= 15 is 0 Å². The molecule has 2 saturated heterocycles. The third kappa shape index (κ3) is 4.12. The Morgan fingerprint density at radius 1 is 1.15 bits per heavy atom. The van der Waals surface area contributed by atoms with Crippen molar-refractivity contribution in [2.75, 3.05) is 46.1 Å². The highest BCUT2D eigenvalue weighted by atomic mass is 32.2. The molecule has 2 aliphatic heterocycles. The number of benzene rings is 1. The van der Waals surface area contributed by atoms with E-state index in [0.717, 1.165) is 6.26 Å². The van der Waals surface area contributed by atoms with Gasteiger partial charge in [-0.2, -0.15) is 4.31 Å². The van der Waals surface area contributed by atoms with Crippen molar-refractivity contribution in [3.8, 4) is 0 Å². The Kier molecular flexibility index (Phi) is 5.50. The van der Waals surface area contributed by atoms with Crippen LogP contribution in [0.15, 0.2) is 24.3 Å². The Morgan fingerprint density at radius 2 is 1.74 bits per heavy atom. The van der Waals surface area contributed by atoms with Crippen LogP contribution in [0.1, 0.15) is 11.6 Å². The number of piperazine rings is 1. The number of carbonyl (C=O) groups excluding carboxylic acids is 2. The van der Waals surface area contributed by atoms with Gasteiger partial charge in [0.25, 0.3) is 5.91 Å². The van der Waals surface area contributed by atoms with Gasteiger partial charge in [0.05, 0.1) is 12.3 Å². The third-order valence-corrected chi connectivity index (χ3v) is 6.26. The van der Waals surface area contributed by atoms with Crippen molar-refractivity contribution < 1.29 is 27.1 Å². The van der Waals surface area contributed by atoms with Crippen LogP contribution in [0.5, 0.6) is 0 Å². The number of nitrogens with zero attached hydrogens (tertiary/aromatic N) is 3. The Labute approximate surface area is 157 Å². The number of hydrogen-bond donors (Lipinski definition) is 0. The Bertz CT molecular complexity index is 821. The number of carbonyl (C=O) groups is 2. The molecule has 1 aromatic carbocycles. The molecule has 0 aliphatic carbocycles. The topological polar surface area (TPSA) is 87.2 Å². The van der Waals surface area contributed by atoms with Crippen LogP contribution in [0.2, 0.25) is 0 Å². The molecule has 0 radical (unpaired) electrons. The van der Waals surface area contributed by atoms with Gasteiger partial charge in [0, 0.05) is 33.2 Å². The maximum atomic E-state index is 13.3. The van der Waals surface area contributed by atoms with Gasteiger partial charge in [-0.25, -0.2) is 12.8 Å². The zero-order valence-corrected chi connectivity index (χ0v) is 16.0. The molecular weight excluding hydrogens is 377 g/mol. The SMILES string of the molecule is CN1C(=O)CO[C@@H](C(=O)N2CCN(S(C)(=O)=O)CC2)[C@@H]1c1ccc(F)cc1. The van der Waals surface area contributed by atoms with Gasteiger partial charge in [0.2, 0.25) is 15.9 Å². The van der Waals surface area contributed by atoms with Gasteiger partial charge in [-0.05, 0) is 17.7 Å². The Hall–Kier alpha value is -2.04. The van der Waals surface area contributed by atoms with Crippen LogP contribution in [0.4, 0.5) is 4.39 Å². The van der Waals surface area contributed by atoms with Crippen LogP contribution < -0.4 is 0 Å². The van der Waals surface area contributed by atoms with E-state index in [0.29, 0.717) is 5.56 Å². The Balaban J connectivity index is 1.79. The normalized spacial score (nSPS) is 24.9. The summed E-state index contributed by atoms with van der Waals surface area (Å²) in [6, 6.07) is 4.93. The second-order valence-electron chi connectivity index (χ2n) is 6.72. The van der Waals surface area contributed by atoms with E-state index in [4.69, 9.17) is 4.74 Å². The summed E-state index contributed by atoms with van der Waals surface area (Å²) >= 11 is 0. The van der Waals surface area contributed by atoms with Gasteiger partial charge in [-0.1, -0.05) is 12.1 Å². The van der Waals surface area contributed by atoms with Crippen molar-refractivity contribution in [1.82, 2.24) is 14.1 Å². The summed E-state index contributed by atoms with van der Waals surface area (Å²) in [6.45, 7) is 0.716. The molecule has 2 heterocycles. The Morgan fingerprint density at radius 3 is 2.30 bits per heavy atom. The van der Waals surface area contributed by atoms with Crippen molar-refractivity contribution >= 4 is 21.8 Å². The van der Waals surface area contributed by atoms with Crippen LogP contribution in [0.25, 0.3) is 0 Å². The molecule has 2 fully saturated rings. The lowest BCUT2D eigenvalue weighted by Crippen LogP contribution is -2.57. The van der Waals surface area contributed by atoms with E-state index in [9.17, 15) is 22.4 Å². The van der Waals surface area contributed by atoms with E-state index < -0.39 is 28.0 Å². The molecule has 1 aromatic rings. The average molecular weight is 399 g/mol. The second kappa shape index (κ2) is 7.53. The fraction of sp³-hybridized carbons (Fsp3) is 0.529. The molecule has 2 atom stereocenters. The summed E-state index contributed by atoms with van der Waals surface area (Å²) in [5.41, 5.74) is 0.597. The van der Waals surface area contributed by atoms with Crippen LogP contribution in [0, 0.1) is 5.82 Å². The summed E-state index contributed by atoms with van der Waals surface area (Å²) < 4.78 is 43.4. The third-order valence-electron chi connectivity index (χ3n) is 4.96. The van der Waals surface area contributed by atoms with Gasteiger partial charge in [0.15, 0.2) is 6.10 Å². The van der Waals surface area contributed by atoms with Gasteiger partial charge < -0.3 is 14.5 Å². The molecule has 0 spiro atoms. The van der Waals surface area contributed by atoms with Crippen molar-refractivity contribution in [1.29, 1.82) is 0 Å². The number of amides is 2. The van der Waals surface area contributed by atoms with E-state index in [1.807, 2.05) is 0 Å². The number of sulfonamides is 1. The van der Waals surface area contributed by atoms with Crippen molar-refractivity contribution in [3.05, 3.63) is 35.6 Å². The predicted octanol–water partition coefficient (Wildman–Crippen LogP) is -0.172.